The number of pyridine rings is 2. The lowest BCUT2D eigenvalue weighted by Crippen LogP contribution is -2.39. The predicted octanol–water partition coefficient (Wildman–Crippen LogP) is 6.60. The van der Waals surface area contributed by atoms with Gasteiger partial charge in [0.2, 0.25) is 0 Å². The van der Waals surface area contributed by atoms with E-state index in [1.165, 1.54) is 6.07 Å². The number of rotatable bonds is 10. The minimum absolute atomic E-state index is 0.111. The van der Waals surface area contributed by atoms with Crippen molar-refractivity contribution >= 4 is 11.7 Å². The molecule has 2 aromatic heterocycles. The van der Waals surface area contributed by atoms with Gasteiger partial charge in [-0.15, -0.1) is 0 Å². The van der Waals surface area contributed by atoms with E-state index in [2.05, 4.69) is 28.7 Å². The maximum atomic E-state index is 15.4. The molecular weight excluding hydrogens is 513 g/mol. The number of anilines is 1. The molecule has 9 heteroatoms. The number of hydrogen-bond acceptors (Lipinski definition) is 7. The summed E-state index contributed by atoms with van der Waals surface area (Å²) in [7, 11) is 1.61. The molecule has 0 radical (unpaired) electrons. The van der Waals surface area contributed by atoms with Crippen LogP contribution in [0.5, 0.6) is 5.88 Å². The number of nitrogens with zero attached hydrogens (tertiary/aromatic N) is 3. The van der Waals surface area contributed by atoms with E-state index in [0.717, 1.165) is 25.9 Å². The second kappa shape index (κ2) is 12.4. The Hall–Kier alpha value is -2.78. The summed E-state index contributed by atoms with van der Waals surface area (Å²) in [4.78, 5) is 23.6. The Morgan fingerprint density at radius 2 is 1.75 bits per heavy atom. The van der Waals surface area contributed by atoms with Crippen LogP contribution >= 0.6 is 0 Å². The summed E-state index contributed by atoms with van der Waals surface area (Å²) in [6.45, 7) is 19.0. The topological polar surface area (TPSA) is 94.0 Å². The van der Waals surface area contributed by atoms with Gasteiger partial charge in [0.25, 0.3) is 5.88 Å². The van der Waals surface area contributed by atoms with Gasteiger partial charge in [-0.2, -0.15) is 0 Å². The van der Waals surface area contributed by atoms with Crippen LogP contribution in [0.1, 0.15) is 85.6 Å². The molecule has 0 aromatic carbocycles. The molecule has 3 rings (SSSR count). The molecule has 222 valence electrons. The zero-order valence-corrected chi connectivity index (χ0v) is 25.7. The lowest BCUT2D eigenvalue weighted by Gasteiger charge is -2.40. The van der Waals surface area contributed by atoms with E-state index in [1.807, 2.05) is 41.5 Å². The Balaban J connectivity index is 2.14. The van der Waals surface area contributed by atoms with Crippen molar-refractivity contribution in [1.82, 2.24) is 9.97 Å². The van der Waals surface area contributed by atoms with Crippen LogP contribution in [0.15, 0.2) is 18.5 Å². The summed E-state index contributed by atoms with van der Waals surface area (Å²) in [5, 5.41) is 10.3. The minimum Gasteiger partial charge on any atom is -0.479 e. The van der Waals surface area contributed by atoms with E-state index in [-0.39, 0.29) is 23.3 Å². The van der Waals surface area contributed by atoms with Crippen molar-refractivity contribution in [1.29, 1.82) is 0 Å². The molecule has 0 aliphatic carbocycles. The number of carboxylic acid groups (broad SMARTS) is 1. The van der Waals surface area contributed by atoms with Crippen LogP contribution in [0, 0.1) is 24.1 Å². The monoisotopic (exact) mass is 559 g/mol. The van der Waals surface area contributed by atoms with Crippen molar-refractivity contribution in [3.63, 3.8) is 0 Å². The summed E-state index contributed by atoms with van der Waals surface area (Å²) in [5.74, 6) is -1.65. The molecule has 0 bridgehead atoms. The SMILES string of the molecule is COC(C(C)C)C(C)Oc1ncc(-c2cnc(C)c([C@H](OC(C)(C)C)C(=O)O)c2N2CCC(C)(C)CC2)cc1F. The van der Waals surface area contributed by atoms with Crippen LogP contribution in [0.2, 0.25) is 0 Å². The first kappa shape index (κ1) is 31.7. The van der Waals surface area contributed by atoms with Gasteiger partial charge in [-0.3, -0.25) is 4.98 Å². The second-order valence-corrected chi connectivity index (χ2v) is 12.9. The van der Waals surface area contributed by atoms with Crippen molar-refractivity contribution < 1.29 is 28.5 Å². The minimum atomic E-state index is -1.25. The molecule has 2 unspecified atom stereocenters. The third-order valence-corrected chi connectivity index (χ3v) is 7.49. The van der Waals surface area contributed by atoms with E-state index in [9.17, 15) is 9.90 Å². The fourth-order valence-corrected chi connectivity index (χ4v) is 5.30. The summed E-state index contributed by atoms with van der Waals surface area (Å²) >= 11 is 0. The molecule has 0 spiro atoms. The van der Waals surface area contributed by atoms with Crippen LogP contribution in [0.25, 0.3) is 11.1 Å². The Morgan fingerprint density at radius 1 is 1.12 bits per heavy atom. The summed E-state index contributed by atoms with van der Waals surface area (Å²) in [6, 6.07) is 1.38. The molecule has 2 aromatic rings. The van der Waals surface area contributed by atoms with Gasteiger partial charge in [0.1, 0.15) is 6.10 Å². The van der Waals surface area contributed by atoms with Gasteiger partial charge in [-0.05, 0) is 64.9 Å². The van der Waals surface area contributed by atoms with Gasteiger partial charge in [-0.25, -0.2) is 14.2 Å². The summed E-state index contributed by atoms with van der Waals surface area (Å²) < 4.78 is 32.9. The number of aromatic nitrogens is 2. The highest BCUT2D eigenvalue weighted by molar-refractivity contribution is 5.86. The third kappa shape index (κ3) is 7.49. The molecular formula is C31H46FN3O5. The van der Waals surface area contributed by atoms with Crippen LogP contribution in [0.4, 0.5) is 10.1 Å². The smallest absolute Gasteiger partial charge is 0.337 e. The number of piperidine rings is 1. The van der Waals surface area contributed by atoms with Gasteiger partial charge in [0.05, 0.1) is 17.4 Å². The fraction of sp³-hybridized carbons (Fsp3) is 0.645. The number of carbonyl (C=O) groups is 1. The van der Waals surface area contributed by atoms with Gasteiger partial charge in [0.15, 0.2) is 11.9 Å². The van der Waals surface area contributed by atoms with Crippen molar-refractivity contribution in [3.8, 4) is 17.0 Å². The molecule has 3 heterocycles. The molecule has 1 N–H and O–H groups in total. The van der Waals surface area contributed by atoms with Crippen molar-refractivity contribution in [3.05, 3.63) is 35.5 Å². The van der Waals surface area contributed by atoms with E-state index >= 15 is 4.39 Å². The highest BCUT2D eigenvalue weighted by Gasteiger charge is 2.36. The second-order valence-electron chi connectivity index (χ2n) is 12.9. The van der Waals surface area contributed by atoms with Gasteiger partial charge < -0.3 is 24.2 Å². The zero-order chi connectivity index (χ0) is 30.0. The maximum Gasteiger partial charge on any atom is 0.337 e. The fourth-order valence-electron chi connectivity index (χ4n) is 5.30. The number of aryl methyl sites for hydroxylation is 1. The molecule has 1 aliphatic heterocycles. The van der Waals surface area contributed by atoms with Crippen molar-refractivity contribution in [2.24, 2.45) is 11.3 Å². The number of hydrogen-bond donors (Lipinski definition) is 1. The quantitative estimate of drug-likeness (QED) is 0.348. The van der Waals surface area contributed by atoms with Crippen LogP contribution in [-0.4, -0.2) is 59.1 Å². The van der Waals surface area contributed by atoms with Crippen LogP contribution in [0.3, 0.4) is 0 Å². The molecule has 1 aliphatic rings. The highest BCUT2D eigenvalue weighted by Crippen LogP contribution is 2.43. The number of halogens is 1. The zero-order valence-electron chi connectivity index (χ0n) is 25.7. The molecule has 40 heavy (non-hydrogen) atoms. The average Bonchev–Trinajstić information content (AvgIpc) is 2.83. The van der Waals surface area contributed by atoms with Gasteiger partial charge in [-0.1, -0.05) is 27.7 Å². The first-order valence-corrected chi connectivity index (χ1v) is 14.0. The van der Waals surface area contributed by atoms with E-state index in [1.54, 1.807) is 26.4 Å². The number of carboxylic acids is 1. The molecule has 0 amide bonds. The lowest BCUT2D eigenvalue weighted by molar-refractivity contribution is -0.160. The van der Waals surface area contributed by atoms with E-state index in [0.29, 0.717) is 28.1 Å². The Bertz CT molecular complexity index is 1180. The largest absolute Gasteiger partial charge is 0.479 e. The maximum absolute atomic E-state index is 15.4. The highest BCUT2D eigenvalue weighted by atomic mass is 19.1. The summed E-state index contributed by atoms with van der Waals surface area (Å²) in [5.41, 5.74) is 2.28. The van der Waals surface area contributed by atoms with Crippen molar-refractivity contribution in [2.75, 3.05) is 25.1 Å². The predicted molar refractivity (Wildman–Crippen MR) is 154 cm³/mol. The number of aliphatic carboxylic acids is 1. The summed E-state index contributed by atoms with van der Waals surface area (Å²) in [6.07, 6.45) is 3.19. The Labute approximate surface area is 238 Å². The molecule has 8 nitrogen and oxygen atoms in total. The van der Waals surface area contributed by atoms with Crippen molar-refractivity contribution in [2.45, 2.75) is 99.1 Å². The van der Waals surface area contributed by atoms with E-state index in [4.69, 9.17) is 14.2 Å². The molecule has 0 saturated carbocycles. The average molecular weight is 560 g/mol. The lowest BCUT2D eigenvalue weighted by atomic mass is 9.82. The first-order valence-electron chi connectivity index (χ1n) is 14.0. The normalized spacial score (nSPS) is 17.9. The third-order valence-electron chi connectivity index (χ3n) is 7.49. The van der Waals surface area contributed by atoms with Gasteiger partial charge in [0, 0.05) is 55.0 Å². The molecule has 3 atom stereocenters. The van der Waals surface area contributed by atoms with Crippen LogP contribution in [-0.2, 0) is 14.3 Å². The standard InChI is InChI=1S/C31H46FN3O5/c1-18(2)26(38-10)20(4)39-28-23(32)15-21(16-34-28)22-17-33-19(3)24(27(29(36)37)40-30(5,6)7)25(22)35-13-11-31(8,9)12-14-35/h15-18,20,26-27H,11-14H2,1-10H3,(H,36,37)/t20?,26?,27-/m0/s1. The number of methoxy groups -OCH3 is 1. The van der Waals surface area contributed by atoms with Crippen LogP contribution < -0.4 is 9.64 Å². The Morgan fingerprint density at radius 3 is 2.25 bits per heavy atom. The molecule has 1 saturated heterocycles. The molecule has 1 fully saturated rings. The Kier molecular flexibility index (Phi) is 9.83. The number of ether oxygens (including phenoxy) is 3. The first-order chi connectivity index (χ1) is 18.5. The van der Waals surface area contributed by atoms with Gasteiger partial charge >= 0.3 is 5.97 Å². The van der Waals surface area contributed by atoms with E-state index < -0.39 is 29.6 Å².